The van der Waals surface area contributed by atoms with Crippen molar-refractivity contribution in [2.24, 2.45) is 0 Å². The van der Waals surface area contributed by atoms with Crippen molar-refractivity contribution in [3.05, 3.63) is 35.9 Å². The second kappa shape index (κ2) is 4.08. The van der Waals surface area contributed by atoms with Gasteiger partial charge in [-0.15, -0.1) is 0 Å². The molecule has 1 N–H and O–H groups in total. The van der Waals surface area contributed by atoms with E-state index in [0.29, 0.717) is 22.6 Å². The highest BCUT2D eigenvalue weighted by Gasteiger charge is 2.29. The largest absolute Gasteiger partial charge is 0.325 e. The molecule has 3 rings (SSSR count). The molecule has 2 aromatic rings. The van der Waals surface area contributed by atoms with Gasteiger partial charge in [0.05, 0.1) is 22.9 Å². The molecule has 1 unspecified atom stereocenters. The van der Waals surface area contributed by atoms with Crippen LogP contribution in [0.4, 0.5) is 10.1 Å². The van der Waals surface area contributed by atoms with E-state index in [9.17, 15) is 9.18 Å². The Morgan fingerprint density at radius 1 is 1.42 bits per heavy atom. The molecule has 96 valence electrons. The van der Waals surface area contributed by atoms with Gasteiger partial charge in [-0.2, -0.15) is 4.39 Å². The average Bonchev–Trinajstić information content (AvgIpc) is 2.46. The monoisotopic (exact) mass is 258 g/mol. The Kier molecular flexibility index (Phi) is 2.51. The number of anilines is 1. The summed E-state index contributed by atoms with van der Waals surface area (Å²) in [6.45, 7) is 3.40. The summed E-state index contributed by atoms with van der Waals surface area (Å²) in [6, 6.07) is 1.64. The third-order valence-electron chi connectivity index (χ3n) is 3.18. The first kappa shape index (κ1) is 11.7. The second-order valence-electron chi connectivity index (χ2n) is 4.51. The number of carbonyl (C=O) groups excluding carboxylic acids is 1. The van der Waals surface area contributed by atoms with Crippen molar-refractivity contribution in [2.45, 2.75) is 19.8 Å². The maximum atomic E-state index is 14.1. The number of aryl methyl sites for hydroxylation is 1. The van der Waals surface area contributed by atoms with Crippen LogP contribution in [0.25, 0.3) is 11.1 Å². The summed E-state index contributed by atoms with van der Waals surface area (Å²) in [7, 11) is 0. The van der Waals surface area contributed by atoms with Crippen LogP contribution in [0, 0.1) is 12.9 Å². The van der Waals surface area contributed by atoms with Gasteiger partial charge in [0.2, 0.25) is 11.9 Å². The number of nitrogens with zero attached hydrogens (tertiary/aromatic N) is 3. The summed E-state index contributed by atoms with van der Waals surface area (Å²) in [5.74, 6) is -1.31. The Balaban J connectivity index is 2.38. The molecule has 0 spiro atoms. The molecular weight excluding hydrogens is 247 g/mol. The summed E-state index contributed by atoms with van der Waals surface area (Å²) in [5, 5.41) is 2.71. The number of carbonyl (C=O) groups is 1. The summed E-state index contributed by atoms with van der Waals surface area (Å²) in [4.78, 5) is 23.9. The fraction of sp³-hybridized carbons (Fsp3) is 0.231. The normalized spacial score (nSPS) is 17.2. The molecule has 3 heterocycles. The number of aromatic nitrogens is 3. The number of fused-ring (bicyclic) bond motifs is 3. The van der Waals surface area contributed by atoms with Gasteiger partial charge in [-0.05, 0) is 19.9 Å². The fourth-order valence-corrected chi connectivity index (χ4v) is 2.23. The third-order valence-corrected chi connectivity index (χ3v) is 3.18. The Bertz CT molecular complexity index is 686. The number of rotatable bonds is 0. The van der Waals surface area contributed by atoms with E-state index in [0.717, 1.165) is 0 Å². The number of hydrogen-bond donors (Lipinski definition) is 1. The topological polar surface area (TPSA) is 67.8 Å². The molecule has 2 aromatic heterocycles. The van der Waals surface area contributed by atoms with Crippen molar-refractivity contribution in [2.75, 3.05) is 5.32 Å². The van der Waals surface area contributed by atoms with Crippen LogP contribution in [0.1, 0.15) is 24.2 Å². The SMILES string of the molecule is Cc1cc2c(c(F)n1)-c1cncnc1C(C)C(=O)N2. The summed E-state index contributed by atoms with van der Waals surface area (Å²) >= 11 is 0. The molecule has 0 aromatic carbocycles. The van der Waals surface area contributed by atoms with Crippen molar-refractivity contribution in [3.63, 3.8) is 0 Å². The van der Waals surface area contributed by atoms with Gasteiger partial charge in [-0.3, -0.25) is 4.79 Å². The van der Waals surface area contributed by atoms with Gasteiger partial charge in [-0.1, -0.05) is 0 Å². The smallest absolute Gasteiger partial charge is 0.233 e. The number of nitrogens with one attached hydrogen (secondary N) is 1. The van der Waals surface area contributed by atoms with E-state index in [1.54, 1.807) is 19.9 Å². The molecule has 0 bridgehead atoms. The molecule has 1 aliphatic heterocycles. The van der Waals surface area contributed by atoms with Crippen LogP contribution in [-0.4, -0.2) is 20.9 Å². The van der Waals surface area contributed by atoms with Crippen molar-refractivity contribution in [1.29, 1.82) is 0 Å². The van der Waals surface area contributed by atoms with Crippen LogP contribution < -0.4 is 5.32 Å². The minimum absolute atomic E-state index is 0.219. The van der Waals surface area contributed by atoms with E-state index in [1.165, 1.54) is 12.5 Å². The van der Waals surface area contributed by atoms with E-state index in [-0.39, 0.29) is 11.5 Å². The molecule has 6 heteroatoms. The molecule has 0 saturated carbocycles. The predicted octanol–water partition coefficient (Wildman–Crippen LogP) is 2.04. The summed E-state index contributed by atoms with van der Waals surface area (Å²) in [5.41, 5.74) is 2.18. The summed E-state index contributed by atoms with van der Waals surface area (Å²) < 4.78 is 14.1. The maximum Gasteiger partial charge on any atom is 0.233 e. The Labute approximate surface area is 108 Å². The lowest BCUT2D eigenvalue weighted by atomic mass is 9.99. The highest BCUT2D eigenvalue weighted by molar-refractivity contribution is 6.02. The lowest BCUT2D eigenvalue weighted by Crippen LogP contribution is -2.18. The van der Waals surface area contributed by atoms with Crippen LogP contribution in [0.5, 0.6) is 0 Å². The average molecular weight is 258 g/mol. The first-order valence-corrected chi connectivity index (χ1v) is 5.86. The van der Waals surface area contributed by atoms with Crippen molar-refractivity contribution >= 4 is 11.6 Å². The second-order valence-corrected chi connectivity index (χ2v) is 4.51. The van der Waals surface area contributed by atoms with Crippen molar-refractivity contribution < 1.29 is 9.18 Å². The zero-order valence-corrected chi connectivity index (χ0v) is 10.4. The van der Waals surface area contributed by atoms with Gasteiger partial charge in [0.15, 0.2) is 0 Å². The lowest BCUT2D eigenvalue weighted by molar-refractivity contribution is -0.117. The lowest BCUT2D eigenvalue weighted by Gasteiger charge is -2.09. The molecule has 1 amide bonds. The van der Waals surface area contributed by atoms with E-state index in [2.05, 4.69) is 20.3 Å². The Morgan fingerprint density at radius 2 is 2.21 bits per heavy atom. The predicted molar refractivity (Wildman–Crippen MR) is 67.0 cm³/mol. The number of hydrogen-bond acceptors (Lipinski definition) is 4. The quantitative estimate of drug-likeness (QED) is 0.734. The minimum Gasteiger partial charge on any atom is -0.325 e. The highest BCUT2D eigenvalue weighted by atomic mass is 19.1. The summed E-state index contributed by atoms with van der Waals surface area (Å²) in [6.07, 6.45) is 2.87. The number of pyridine rings is 1. The van der Waals surface area contributed by atoms with Crippen LogP contribution in [0.3, 0.4) is 0 Å². The van der Waals surface area contributed by atoms with Crippen LogP contribution in [0.2, 0.25) is 0 Å². The fourth-order valence-electron chi connectivity index (χ4n) is 2.23. The third kappa shape index (κ3) is 1.76. The number of amides is 1. The molecule has 5 nitrogen and oxygen atoms in total. The first-order valence-electron chi connectivity index (χ1n) is 5.86. The van der Waals surface area contributed by atoms with Crippen LogP contribution in [0.15, 0.2) is 18.6 Å². The molecule has 0 saturated heterocycles. The zero-order chi connectivity index (χ0) is 13.6. The maximum absolute atomic E-state index is 14.1. The minimum atomic E-state index is -0.625. The van der Waals surface area contributed by atoms with Crippen molar-refractivity contribution in [3.8, 4) is 11.1 Å². The van der Waals surface area contributed by atoms with Gasteiger partial charge in [0, 0.05) is 17.5 Å². The van der Waals surface area contributed by atoms with Gasteiger partial charge in [-0.25, -0.2) is 15.0 Å². The van der Waals surface area contributed by atoms with Gasteiger partial charge < -0.3 is 5.32 Å². The van der Waals surface area contributed by atoms with E-state index in [1.807, 2.05) is 0 Å². The van der Waals surface area contributed by atoms with Gasteiger partial charge in [0.25, 0.3) is 0 Å². The van der Waals surface area contributed by atoms with E-state index in [4.69, 9.17) is 0 Å². The zero-order valence-electron chi connectivity index (χ0n) is 10.4. The molecular formula is C13H11FN4O. The van der Waals surface area contributed by atoms with Crippen LogP contribution >= 0.6 is 0 Å². The molecule has 1 aliphatic rings. The Morgan fingerprint density at radius 3 is 3.00 bits per heavy atom. The molecule has 19 heavy (non-hydrogen) atoms. The van der Waals surface area contributed by atoms with Crippen molar-refractivity contribution in [1.82, 2.24) is 15.0 Å². The van der Waals surface area contributed by atoms with Gasteiger partial charge in [0.1, 0.15) is 6.33 Å². The van der Waals surface area contributed by atoms with E-state index >= 15 is 0 Å². The molecule has 0 radical (unpaired) electrons. The van der Waals surface area contributed by atoms with Crippen LogP contribution in [-0.2, 0) is 4.79 Å². The molecule has 1 atom stereocenters. The van der Waals surface area contributed by atoms with Gasteiger partial charge >= 0.3 is 0 Å². The molecule has 0 fully saturated rings. The number of halogens is 1. The standard InChI is InChI=1S/C13H11FN4O/c1-6-3-9-10(12(14)17-6)8-4-15-5-16-11(8)7(2)13(19)18-9/h3-5,7H,1-2H3,(H,18,19). The first-order chi connectivity index (χ1) is 9.08. The van der Waals surface area contributed by atoms with E-state index < -0.39 is 11.9 Å². The highest BCUT2D eigenvalue weighted by Crippen LogP contribution is 2.37. The molecule has 0 aliphatic carbocycles. The Hall–Kier alpha value is -2.37.